The molecule has 0 radical (unpaired) electrons. The topological polar surface area (TPSA) is 68.3 Å². The Morgan fingerprint density at radius 3 is 2.62 bits per heavy atom. The SMILES string of the molecule is COc1cccc(SCc2ccc(OC)c(C(=N)N)c2)c1. The Kier molecular flexibility index (Phi) is 5.11. The van der Waals surface area contributed by atoms with Crippen LogP contribution in [0.15, 0.2) is 47.4 Å². The van der Waals surface area contributed by atoms with Gasteiger partial charge in [0.25, 0.3) is 0 Å². The van der Waals surface area contributed by atoms with E-state index in [1.807, 2.05) is 42.5 Å². The van der Waals surface area contributed by atoms with E-state index in [0.29, 0.717) is 11.3 Å². The lowest BCUT2D eigenvalue weighted by molar-refractivity contribution is 0.413. The highest BCUT2D eigenvalue weighted by atomic mass is 32.2. The molecule has 4 nitrogen and oxygen atoms in total. The molecular formula is C16H18N2O2S. The number of benzene rings is 2. The van der Waals surface area contributed by atoms with E-state index in [2.05, 4.69) is 0 Å². The minimum absolute atomic E-state index is 0.0140. The predicted octanol–water partition coefficient (Wildman–Crippen LogP) is 3.28. The molecule has 0 unspecified atom stereocenters. The standard InChI is InChI=1S/C16H18N2O2S/c1-19-12-4-3-5-13(9-12)21-10-11-6-7-15(20-2)14(8-11)16(17)18/h3-9H,10H2,1-2H3,(H3,17,18). The summed E-state index contributed by atoms with van der Waals surface area (Å²) in [5.74, 6) is 2.27. The smallest absolute Gasteiger partial charge is 0.129 e. The fraction of sp³-hybridized carbons (Fsp3) is 0.188. The van der Waals surface area contributed by atoms with Crippen molar-refractivity contribution in [2.75, 3.05) is 14.2 Å². The summed E-state index contributed by atoms with van der Waals surface area (Å²) in [5.41, 5.74) is 7.30. The molecule has 3 N–H and O–H groups in total. The molecule has 0 amide bonds. The molecule has 0 aliphatic carbocycles. The molecule has 21 heavy (non-hydrogen) atoms. The number of ether oxygens (including phenoxy) is 2. The molecule has 0 saturated heterocycles. The van der Waals surface area contributed by atoms with Crippen molar-refractivity contribution in [1.82, 2.24) is 0 Å². The van der Waals surface area contributed by atoms with Gasteiger partial charge in [-0.05, 0) is 35.9 Å². The molecule has 0 atom stereocenters. The molecular weight excluding hydrogens is 284 g/mol. The molecule has 0 aliphatic rings. The highest BCUT2D eigenvalue weighted by molar-refractivity contribution is 7.98. The van der Waals surface area contributed by atoms with Crippen LogP contribution in [0.2, 0.25) is 0 Å². The van der Waals surface area contributed by atoms with Crippen molar-refractivity contribution in [2.24, 2.45) is 5.73 Å². The molecule has 2 aromatic rings. The number of amidine groups is 1. The summed E-state index contributed by atoms with van der Waals surface area (Å²) in [6.07, 6.45) is 0. The third kappa shape index (κ3) is 3.92. The second kappa shape index (κ2) is 7.04. The largest absolute Gasteiger partial charge is 0.497 e. The lowest BCUT2D eigenvalue weighted by Gasteiger charge is -2.10. The van der Waals surface area contributed by atoms with Gasteiger partial charge >= 0.3 is 0 Å². The molecule has 2 aromatic carbocycles. The van der Waals surface area contributed by atoms with Crippen molar-refractivity contribution in [3.05, 3.63) is 53.6 Å². The van der Waals surface area contributed by atoms with Crippen LogP contribution in [0, 0.1) is 5.41 Å². The molecule has 5 heteroatoms. The van der Waals surface area contributed by atoms with Gasteiger partial charge in [0.15, 0.2) is 0 Å². The Balaban J connectivity index is 2.12. The van der Waals surface area contributed by atoms with Crippen LogP contribution in [0.1, 0.15) is 11.1 Å². The normalized spacial score (nSPS) is 10.2. The molecule has 110 valence electrons. The van der Waals surface area contributed by atoms with E-state index >= 15 is 0 Å². The van der Waals surface area contributed by atoms with Crippen molar-refractivity contribution in [2.45, 2.75) is 10.6 Å². The number of nitrogens with two attached hydrogens (primary N) is 1. The molecule has 2 rings (SSSR count). The van der Waals surface area contributed by atoms with Crippen molar-refractivity contribution < 1.29 is 9.47 Å². The average Bonchev–Trinajstić information content (AvgIpc) is 2.52. The maximum absolute atomic E-state index is 7.60. The van der Waals surface area contributed by atoms with Crippen molar-refractivity contribution in [3.8, 4) is 11.5 Å². The van der Waals surface area contributed by atoms with Gasteiger partial charge < -0.3 is 15.2 Å². The first kappa shape index (κ1) is 15.3. The Bertz CT molecular complexity index is 644. The van der Waals surface area contributed by atoms with Crippen LogP contribution < -0.4 is 15.2 Å². The first-order valence-corrected chi connectivity index (χ1v) is 7.40. The fourth-order valence-electron chi connectivity index (χ4n) is 1.91. The van der Waals surface area contributed by atoms with Gasteiger partial charge in [-0.15, -0.1) is 11.8 Å². The third-order valence-corrected chi connectivity index (χ3v) is 4.07. The van der Waals surface area contributed by atoms with E-state index in [1.165, 1.54) is 0 Å². The zero-order valence-corrected chi connectivity index (χ0v) is 12.9. The van der Waals surface area contributed by atoms with Crippen molar-refractivity contribution >= 4 is 17.6 Å². The van der Waals surface area contributed by atoms with Crippen LogP contribution >= 0.6 is 11.8 Å². The summed E-state index contributed by atoms with van der Waals surface area (Å²) in [6.45, 7) is 0. The number of nitrogens with one attached hydrogen (secondary N) is 1. The van der Waals surface area contributed by atoms with Crippen molar-refractivity contribution in [1.29, 1.82) is 5.41 Å². The Morgan fingerprint density at radius 2 is 1.95 bits per heavy atom. The van der Waals surface area contributed by atoms with Crippen LogP contribution in [0.4, 0.5) is 0 Å². The molecule has 0 fully saturated rings. The lowest BCUT2D eigenvalue weighted by Crippen LogP contribution is -2.12. The number of hydrogen-bond donors (Lipinski definition) is 2. The summed E-state index contributed by atoms with van der Waals surface area (Å²) in [5, 5.41) is 7.60. The highest BCUT2D eigenvalue weighted by Gasteiger charge is 2.07. The average molecular weight is 302 g/mol. The van der Waals surface area contributed by atoms with Crippen LogP contribution in [0.3, 0.4) is 0 Å². The van der Waals surface area contributed by atoms with E-state index in [-0.39, 0.29) is 5.84 Å². The minimum atomic E-state index is 0.0140. The molecule has 0 bridgehead atoms. The zero-order valence-electron chi connectivity index (χ0n) is 12.1. The number of methoxy groups -OCH3 is 2. The van der Waals surface area contributed by atoms with Crippen LogP contribution in [0.5, 0.6) is 11.5 Å². The second-order valence-corrected chi connectivity index (χ2v) is 5.46. The van der Waals surface area contributed by atoms with E-state index in [0.717, 1.165) is 22.0 Å². The van der Waals surface area contributed by atoms with Gasteiger partial charge in [0.2, 0.25) is 0 Å². The Morgan fingerprint density at radius 1 is 1.14 bits per heavy atom. The molecule has 0 saturated carbocycles. The van der Waals surface area contributed by atoms with E-state index < -0.39 is 0 Å². The van der Waals surface area contributed by atoms with Gasteiger partial charge in [0.1, 0.15) is 17.3 Å². The Hall–Kier alpha value is -2.14. The third-order valence-electron chi connectivity index (χ3n) is 3.00. The summed E-state index contributed by atoms with van der Waals surface area (Å²) >= 11 is 1.70. The van der Waals surface area contributed by atoms with Gasteiger partial charge in [-0.3, -0.25) is 5.41 Å². The maximum Gasteiger partial charge on any atom is 0.129 e. The molecule has 0 heterocycles. The van der Waals surface area contributed by atoms with Gasteiger partial charge in [0, 0.05) is 10.6 Å². The van der Waals surface area contributed by atoms with Gasteiger partial charge in [-0.25, -0.2) is 0 Å². The van der Waals surface area contributed by atoms with Crippen LogP contribution in [-0.2, 0) is 5.75 Å². The van der Waals surface area contributed by atoms with E-state index in [4.69, 9.17) is 20.6 Å². The fourth-order valence-corrected chi connectivity index (χ4v) is 2.80. The lowest BCUT2D eigenvalue weighted by atomic mass is 10.1. The monoisotopic (exact) mass is 302 g/mol. The predicted molar refractivity (Wildman–Crippen MR) is 86.6 cm³/mol. The van der Waals surface area contributed by atoms with Crippen LogP contribution in [0.25, 0.3) is 0 Å². The number of hydrogen-bond acceptors (Lipinski definition) is 4. The summed E-state index contributed by atoms with van der Waals surface area (Å²) in [7, 11) is 3.23. The minimum Gasteiger partial charge on any atom is -0.497 e. The number of thioether (sulfide) groups is 1. The summed E-state index contributed by atoms with van der Waals surface area (Å²) in [6, 6.07) is 13.7. The summed E-state index contributed by atoms with van der Waals surface area (Å²) in [4.78, 5) is 1.13. The van der Waals surface area contributed by atoms with E-state index in [9.17, 15) is 0 Å². The first-order chi connectivity index (χ1) is 10.1. The first-order valence-electron chi connectivity index (χ1n) is 6.42. The Labute approximate surface area is 128 Å². The molecule has 0 spiro atoms. The number of rotatable bonds is 6. The van der Waals surface area contributed by atoms with Crippen molar-refractivity contribution in [3.63, 3.8) is 0 Å². The molecule has 0 aromatic heterocycles. The summed E-state index contributed by atoms with van der Waals surface area (Å²) < 4.78 is 10.4. The molecule has 0 aliphatic heterocycles. The van der Waals surface area contributed by atoms with Gasteiger partial charge in [-0.2, -0.15) is 0 Å². The van der Waals surface area contributed by atoms with Crippen LogP contribution in [-0.4, -0.2) is 20.1 Å². The maximum atomic E-state index is 7.60. The quantitative estimate of drug-likeness (QED) is 0.488. The number of nitrogen functional groups attached to an aromatic ring is 1. The van der Waals surface area contributed by atoms with Gasteiger partial charge in [0.05, 0.1) is 19.8 Å². The highest BCUT2D eigenvalue weighted by Crippen LogP contribution is 2.28. The van der Waals surface area contributed by atoms with E-state index in [1.54, 1.807) is 26.0 Å². The second-order valence-electron chi connectivity index (χ2n) is 4.42. The zero-order chi connectivity index (χ0) is 15.2. The van der Waals surface area contributed by atoms with Gasteiger partial charge in [-0.1, -0.05) is 12.1 Å².